The Labute approximate surface area is 192 Å². The van der Waals surface area contributed by atoms with Crippen molar-refractivity contribution in [3.05, 3.63) is 69.9 Å². The van der Waals surface area contributed by atoms with Crippen molar-refractivity contribution < 1.29 is 19.1 Å². The van der Waals surface area contributed by atoms with Crippen LogP contribution in [-0.4, -0.2) is 28.7 Å². The summed E-state index contributed by atoms with van der Waals surface area (Å²) in [5, 5.41) is 2.86. The van der Waals surface area contributed by atoms with Gasteiger partial charge in [-0.1, -0.05) is 48.6 Å². The molecule has 1 saturated carbocycles. The maximum atomic E-state index is 12.9. The van der Waals surface area contributed by atoms with E-state index in [1.54, 1.807) is 30.3 Å². The zero-order valence-electron chi connectivity index (χ0n) is 18.1. The highest BCUT2D eigenvalue weighted by atomic mass is 35.5. The monoisotopic (exact) mass is 452 g/mol. The SMILES string of the molecule is Cc1ccc(OC(=O)c2ccc(NC3=C(Cl)C(=O)N(C4CCCCC4)C3=O)cc2)c(C)c1. The van der Waals surface area contributed by atoms with E-state index < -0.39 is 17.8 Å². The molecule has 7 heteroatoms. The molecule has 166 valence electrons. The number of ether oxygens (including phenoxy) is 1. The van der Waals surface area contributed by atoms with Crippen LogP contribution < -0.4 is 10.1 Å². The van der Waals surface area contributed by atoms with Crippen molar-refractivity contribution in [1.29, 1.82) is 0 Å². The lowest BCUT2D eigenvalue weighted by Gasteiger charge is -2.29. The molecule has 6 nitrogen and oxygen atoms in total. The summed E-state index contributed by atoms with van der Waals surface area (Å²) in [5.41, 5.74) is 2.96. The predicted molar refractivity (Wildman–Crippen MR) is 123 cm³/mol. The molecule has 0 atom stereocenters. The second kappa shape index (κ2) is 9.17. The minimum Gasteiger partial charge on any atom is -0.423 e. The number of hydrogen-bond donors (Lipinski definition) is 1. The number of nitrogens with zero attached hydrogens (tertiary/aromatic N) is 1. The molecule has 4 rings (SSSR count). The van der Waals surface area contributed by atoms with Gasteiger partial charge in [-0.3, -0.25) is 14.5 Å². The second-order valence-electron chi connectivity index (χ2n) is 8.32. The number of imide groups is 1. The van der Waals surface area contributed by atoms with Gasteiger partial charge < -0.3 is 10.1 Å². The number of amides is 2. The zero-order chi connectivity index (χ0) is 22.8. The van der Waals surface area contributed by atoms with Crippen LogP contribution in [0.25, 0.3) is 0 Å². The Morgan fingerprint density at radius 1 is 1.00 bits per heavy atom. The molecule has 1 N–H and O–H groups in total. The number of anilines is 1. The summed E-state index contributed by atoms with van der Waals surface area (Å²) in [6, 6.07) is 12.0. The molecular weight excluding hydrogens is 428 g/mol. The molecule has 2 amide bonds. The van der Waals surface area contributed by atoms with Crippen molar-refractivity contribution in [2.45, 2.75) is 52.0 Å². The second-order valence-corrected chi connectivity index (χ2v) is 8.70. The van der Waals surface area contributed by atoms with E-state index in [-0.39, 0.29) is 16.8 Å². The summed E-state index contributed by atoms with van der Waals surface area (Å²) in [5.74, 6) is -0.807. The molecule has 0 spiro atoms. The van der Waals surface area contributed by atoms with E-state index in [0.717, 1.165) is 43.2 Å². The van der Waals surface area contributed by atoms with Gasteiger partial charge in [-0.2, -0.15) is 0 Å². The Morgan fingerprint density at radius 2 is 1.69 bits per heavy atom. The molecular formula is C25H25ClN2O4. The van der Waals surface area contributed by atoms with Crippen LogP contribution in [0.1, 0.15) is 53.6 Å². The van der Waals surface area contributed by atoms with Crippen molar-refractivity contribution in [3.8, 4) is 5.75 Å². The fourth-order valence-electron chi connectivity index (χ4n) is 4.21. The molecule has 0 aromatic heterocycles. The molecule has 2 aromatic carbocycles. The van der Waals surface area contributed by atoms with Gasteiger partial charge in [-0.05, 0) is 62.6 Å². The zero-order valence-corrected chi connectivity index (χ0v) is 18.9. The summed E-state index contributed by atoms with van der Waals surface area (Å²) < 4.78 is 5.49. The van der Waals surface area contributed by atoms with Crippen LogP contribution in [0.3, 0.4) is 0 Å². The van der Waals surface area contributed by atoms with Gasteiger partial charge in [-0.25, -0.2) is 4.79 Å². The third-order valence-corrected chi connectivity index (χ3v) is 6.27. The molecule has 0 unspecified atom stereocenters. The van der Waals surface area contributed by atoms with Crippen LogP contribution in [-0.2, 0) is 9.59 Å². The molecule has 0 radical (unpaired) electrons. The number of rotatable bonds is 5. The Kier molecular flexibility index (Phi) is 6.33. The molecule has 0 bridgehead atoms. The molecule has 2 aromatic rings. The topological polar surface area (TPSA) is 75.7 Å². The van der Waals surface area contributed by atoms with Gasteiger partial charge in [0.2, 0.25) is 0 Å². The maximum absolute atomic E-state index is 12.9. The quantitative estimate of drug-likeness (QED) is 0.388. The molecule has 1 aliphatic heterocycles. The summed E-state index contributed by atoms with van der Waals surface area (Å²) in [6.45, 7) is 3.86. The van der Waals surface area contributed by atoms with Gasteiger partial charge in [0.25, 0.3) is 11.8 Å². The van der Waals surface area contributed by atoms with Crippen molar-refractivity contribution in [1.82, 2.24) is 4.90 Å². The molecule has 32 heavy (non-hydrogen) atoms. The van der Waals surface area contributed by atoms with Gasteiger partial charge in [0.1, 0.15) is 16.5 Å². The van der Waals surface area contributed by atoms with Gasteiger partial charge >= 0.3 is 5.97 Å². The van der Waals surface area contributed by atoms with E-state index in [4.69, 9.17) is 16.3 Å². The summed E-state index contributed by atoms with van der Waals surface area (Å²) in [7, 11) is 0. The number of aryl methyl sites for hydroxylation is 2. The van der Waals surface area contributed by atoms with Crippen LogP contribution in [0.4, 0.5) is 5.69 Å². The third kappa shape index (κ3) is 4.41. The standard InChI is InChI=1S/C25H25ClN2O4/c1-15-8-13-20(16(2)14-15)32-25(31)17-9-11-18(12-10-17)27-22-21(26)23(29)28(24(22)30)19-6-4-3-5-7-19/h8-14,19,27H,3-7H2,1-2H3. The van der Waals surface area contributed by atoms with E-state index in [1.807, 2.05) is 26.0 Å². The first-order chi connectivity index (χ1) is 15.3. The van der Waals surface area contributed by atoms with Crippen molar-refractivity contribution in [2.75, 3.05) is 5.32 Å². The van der Waals surface area contributed by atoms with Gasteiger partial charge in [-0.15, -0.1) is 0 Å². The largest absolute Gasteiger partial charge is 0.423 e. The van der Waals surface area contributed by atoms with Crippen LogP contribution >= 0.6 is 11.6 Å². The Bertz CT molecular complexity index is 1100. The number of carbonyl (C=O) groups excluding carboxylic acids is 3. The first-order valence-corrected chi connectivity index (χ1v) is 11.2. The van der Waals surface area contributed by atoms with Gasteiger partial charge in [0.15, 0.2) is 0 Å². The lowest BCUT2D eigenvalue weighted by Crippen LogP contribution is -2.42. The fraction of sp³-hybridized carbons (Fsp3) is 0.320. The van der Waals surface area contributed by atoms with Crippen molar-refractivity contribution >= 4 is 35.1 Å². The number of benzene rings is 2. The van der Waals surface area contributed by atoms with E-state index in [1.165, 1.54) is 4.90 Å². The van der Waals surface area contributed by atoms with E-state index in [0.29, 0.717) is 17.0 Å². The highest BCUT2D eigenvalue weighted by Gasteiger charge is 2.42. The number of carbonyl (C=O) groups is 3. The van der Waals surface area contributed by atoms with Crippen LogP contribution in [0.5, 0.6) is 5.75 Å². The number of esters is 1. The van der Waals surface area contributed by atoms with E-state index in [2.05, 4.69) is 5.32 Å². The number of halogens is 1. The Balaban J connectivity index is 1.44. The number of nitrogens with one attached hydrogen (secondary N) is 1. The lowest BCUT2D eigenvalue weighted by atomic mass is 9.94. The molecule has 1 heterocycles. The average Bonchev–Trinajstić information content (AvgIpc) is 3.00. The first-order valence-electron chi connectivity index (χ1n) is 10.8. The first kappa shape index (κ1) is 22.1. The van der Waals surface area contributed by atoms with Crippen LogP contribution in [0.15, 0.2) is 53.2 Å². The lowest BCUT2D eigenvalue weighted by molar-refractivity contribution is -0.140. The molecule has 1 fully saturated rings. The summed E-state index contributed by atoms with van der Waals surface area (Å²) >= 11 is 6.22. The average molecular weight is 453 g/mol. The Hall–Kier alpha value is -3.12. The van der Waals surface area contributed by atoms with Crippen LogP contribution in [0, 0.1) is 13.8 Å². The fourth-order valence-corrected chi connectivity index (χ4v) is 4.42. The highest BCUT2D eigenvalue weighted by Crippen LogP contribution is 2.32. The minimum atomic E-state index is -0.476. The highest BCUT2D eigenvalue weighted by molar-refractivity contribution is 6.48. The normalized spacial score (nSPS) is 17.2. The van der Waals surface area contributed by atoms with Crippen molar-refractivity contribution in [2.24, 2.45) is 0 Å². The van der Waals surface area contributed by atoms with E-state index in [9.17, 15) is 14.4 Å². The summed E-state index contributed by atoms with van der Waals surface area (Å²) in [4.78, 5) is 39.3. The molecule has 2 aliphatic rings. The minimum absolute atomic E-state index is 0.0767. The number of hydrogen-bond acceptors (Lipinski definition) is 5. The Morgan fingerprint density at radius 3 is 2.34 bits per heavy atom. The van der Waals surface area contributed by atoms with Crippen molar-refractivity contribution in [3.63, 3.8) is 0 Å². The van der Waals surface area contributed by atoms with Gasteiger partial charge in [0.05, 0.1) is 5.56 Å². The van der Waals surface area contributed by atoms with Gasteiger partial charge in [0, 0.05) is 11.7 Å². The predicted octanol–water partition coefficient (Wildman–Crippen LogP) is 5.09. The third-order valence-electron chi connectivity index (χ3n) is 5.92. The maximum Gasteiger partial charge on any atom is 0.343 e. The van der Waals surface area contributed by atoms with Crippen LogP contribution in [0.2, 0.25) is 0 Å². The summed E-state index contributed by atoms with van der Waals surface area (Å²) in [6.07, 6.45) is 4.75. The molecule has 0 saturated heterocycles. The molecule has 1 aliphatic carbocycles. The smallest absolute Gasteiger partial charge is 0.343 e. The van der Waals surface area contributed by atoms with E-state index >= 15 is 0 Å².